The Balaban J connectivity index is 2.59. The van der Waals surface area contributed by atoms with Gasteiger partial charge in [-0.3, -0.25) is 0 Å². The van der Waals surface area contributed by atoms with E-state index in [4.69, 9.17) is 9.84 Å². The third-order valence-electron chi connectivity index (χ3n) is 2.75. The molecule has 0 aliphatic heterocycles. The summed E-state index contributed by atoms with van der Waals surface area (Å²) in [5.41, 5.74) is -0.110. The second-order valence-corrected chi connectivity index (χ2v) is 3.97. The van der Waals surface area contributed by atoms with Gasteiger partial charge in [0.15, 0.2) is 11.6 Å². The Labute approximate surface area is 112 Å². The Morgan fingerprint density at radius 1 is 1.05 bits per heavy atom. The lowest BCUT2D eigenvalue weighted by molar-refractivity contribution is 0.0693. The Kier molecular flexibility index (Phi) is 3.65. The predicted octanol–water partition coefficient (Wildman–Crippen LogP) is 3.48. The number of benzene rings is 2. The number of carboxylic acid groups (broad SMARTS) is 1. The van der Waals surface area contributed by atoms with Gasteiger partial charge < -0.3 is 9.84 Å². The summed E-state index contributed by atoms with van der Waals surface area (Å²) in [5.74, 6) is -4.64. The van der Waals surface area contributed by atoms with Gasteiger partial charge in [-0.25, -0.2) is 18.0 Å². The minimum absolute atomic E-state index is 0.000803. The van der Waals surface area contributed by atoms with Crippen LogP contribution in [0.1, 0.15) is 10.4 Å². The lowest BCUT2D eigenvalue weighted by atomic mass is 10.0. The van der Waals surface area contributed by atoms with Crippen LogP contribution in [-0.2, 0) is 0 Å². The van der Waals surface area contributed by atoms with Crippen LogP contribution in [-0.4, -0.2) is 18.2 Å². The van der Waals surface area contributed by atoms with Crippen LogP contribution in [0, 0.1) is 17.5 Å². The van der Waals surface area contributed by atoms with E-state index in [1.54, 1.807) is 0 Å². The topological polar surface area (TPSA) is 46.5 Å². The smallest absolute Gasteiger partial charge is 0.339 e. The average Bonchev–Trinajstić information content (AvgIpc) is 2.42. The predicted molar refractivity (Wildman–Crippen MR) is 65.3 cm³/mol. The van der Waals surface area contributed by atoms with Crippen molar-refractivity contribution >= 4 is 5.97 Å². The lowest BCUT2D eigenvalue weighted by Crippen LogP contribution is -2.01. The number of methoxy groups -OCH3 is 1. The van der Waals surface area contributed by atoms with E-state index in [9.17, 15) is 18.0 Å². The van der Waals surface area contributed by atoms with E-state index in [2.05, 4.69) is 0 Å². The van der Waals surface area contributed by atoms with Crippen LogP contribution in [0.2, 0.25) is 0 Å². The van der Waals surface area contributed by atoms with Crippen molar-refractivity contribution in [3.05, 3.63) is 53.3 Å². The van der Waals surface area contributed by atoms with Gasteiger partial charge in [0.05, 0.1) is 7.11 Å². The quantitative estimate of drug-likeness (QED) is 0.877. The first-order valence-electron chi connectivity index (χ1n) is 5.50. The molecule has 0 atom stereocenters. The molecule has 0 saturated carbocycles. The van der Waals surface area contributed by atoms with Gasteiger partial charge in [0.1, 0.15) is 17.1 Å². The molecule has 20 heavy (non-hydrogen) atoms. The fourth-order valence-corrected chi connectivity index (χ4v) is 1.78. The van der Waals surface area contributed by atoms with Crippen LogP contribution in [0.5, 0.6) is 5.75 Å². The molecular formula is C14H9F3O3. The van der Waals surface area contributed by atoms with Crippen LogP contribution in [0.4, 0.5) is 13.2 Å². The molecular weight excluding hydrogens is 273 g/mol. The van der Waals surface area contributed by atoms with Crippen molar-refractivity contribution < 1.29 is 27.8 Å². The Hall–Kier alpha value is -2.50. The van der Waals surface area contributed by atoms with Crippen molar-refractivity contribution in [2.24, 2.45) is 0 Å². The summed E-state index contributed by atoms with van der Waals surface area (Å²) in [6.45, 7) is 0. The number of halogens is 3. The number of carboxylic acids is 1. The van der Waals surface area contributed by atoms with Crippen molar-refractivity contribution in [2.75, 3.05) is 7.11 Å². The lowest BCUT2D eigenvalue weighted by Gasteiger charge is -2.09. The van der Waals surface area contributed by atoms with Gasteiger partial charge in [0, 0.05) is 11.6 Å². The van der Waals surface area contributed by atoms with E-state index in [0.29, 0.717) is 12.1 Å². The number of aromatic carboxylic acids is 1. The molecule has 2 rings (SSSR count). The normalized spacial score (nSPS) is 10.4. The van der Waals surface area contributed by atoms with Crippen LogP contribution in [0.3, 0.4) is 0 Å². The summed E-state index contributed by atoms with van der Waals surface area (Å²) in [4.78, 5) is 10.9. The van der Waals surface area contributed by atoms with Crippen molar-refractivity contribution in [1.29, 1.82) is 0 Å². The zero-order chi connectivity index (χ0) is 14.9. The zero-order valence-electron chi connectivity index (χ0n) is 10.3. The van der Waals surface area contributed by atoms with E-state index in [1.165, 1.54) is 25.3 Å². The van der Waals surface area contributed by atoms with E-state index < -0.39 is 23.4 Å². The summed E-state index contributed by atoms with van der Waals surface area (Å²) in [6, 6.07) is 4.89. The monoisotopic (exact) mass is 282 g/mol. The summed E-state index contributed by atoms with van der Waals surface area (Å²) < 4.78 is 44.6. The number of hydrogen-bond donors (Lipinski definition) is 1. The number of rotatable bonds is 3. The highest BCUT2D eigenvalue weighted by Crippen LogP contribution is 2.30. The summed E-state index contributed by atoms with van der Waals surface area (Å²) in [6.07, 6.45) is 0. The third-order valence-corrected chi connectivity index (χ3v) is 2.75. The molecule has 0 saturated heterocycles. The fraction of sp³-hybridized carbons (Fsp3) is 0.0714. The molecule has 104 valence electrons. The first kappa shape index (κ1) is 13.9. The van der Waals surface area contributed by atoms with Gasteiger partial charge in [-0.05, 0) is 23.8 Å². The van der Waals surface area contributed by atoms with Gasteiger partial charge in [0.25, 0.3) is 0 Å². The second-order valence-electron chi connectivity index (χ2n) is 3.97. The first-order valence-corrected chi connectivity index (χ1v) is 5.50. The van der Waals surface area contributed by atoms with E-state index in [-0.39, 0.29) is 22.4 Å². The molecule has 0 radical (unpaired) electrons. The zero-order valence-corrected chi connectivity index (χ0v) is 10.3. The highest BCUT2D eigenvalue weighted by molar-refractivity contribution is 5.92. The number of hydrogen-bond acceptors (Lipinski definition) is 2. The molecule has 1 N–H and O–H groups in total. The summed E-state index contributed by atoms with van der Waals surface area (Å²) in [5, 5.41) is 8.93. The van der Waals surface area contributed by atoms with Gasteiger partial charge in [0.2, 0.25) is 0 Å². The van der Waals surface area contributed by atoms with Crippen LogP contribution in [0.25, 0.3) is 11.1 Å². The largest absolute Gasteiger partial charge is 0.496 e. The molecule has 0 spiro atoms. The SMILES string of the molecule is COc1cc(-c2cc(F)c(F)cc2F)ccc1C(=O)O. The molecule has 0 heterocycles. The first-order chi connectivity index (χ1) is 9.43. The molecule has 0 unspecified atom stereocenters. The molecule has 0 aliphatic carbocycles. The maximum atomic E-state index is 13.6. The molecule has 0 amide bonds. The van der Waals surface area contributed by atoms with Crippen molar-refractivity contribution in [3.8, 4) is 16.9 Å². The highest BCUT2D eigenvalue weighted by atomic mass is 19.2. The molecule has 2 aromatic rings. The molecule has 3 nitrogen and oxygen atoms in total. The maximum absolute atomic E-state index is 13.6. The van der Waals surface area contributed by atoms with Crippen molar-refractivity contribution in [3.63, 3.8) is 0 Å². The number of carbonyl (C=O) groups is 1. The fourth-order valence-electron chi connectivity index (χ4n) is 1.78. The van der Waals surface area contributed by atoms with Crippen LogP contribution in [0.15, 0.2) is 30.3 Å². The van der Waals surface area contributed by atoms with E-state index in [1.807, 2.05) is 0 Å². The number of ether oxygens (including phenoxy) is 1. The third kappa shape index (κ3) is 2.45. The van der Waals surface area contributed by atoms with Crippen molar-refractivity contribution in [2.45, 2.75) is 0 Å². The van der Waals surface area contributed by atoms with E-state index >= 15 is 0 Å². The average molecular weight is 282 g/mol. The van der Waals surface area contributed by atoms with E-state index in [0.717, 1.165) is 0 Å². The molecule has 2 aromatic carbocycles. The summed E-state index contributed by atoms with van der Waals surface area (Å²) in [7, 11) is 1.26. The van der Waals surface area contributed by atoms with Crippen LogP contribution >= 0.6 is 0 Å². The van der Waals surface area contributed by atoms with Gasteiger partial charge in [-0.1, -0.05) is 6.07 Å². The van der Waals surface area contributed by atoms with Gasteiger partial charge in [-0.2, -0.15) is 0 Å². The van der Waals surface area contributed by atoms with Gasteiger partial charge in [-0.15, -0.1) is 0 Å². The molecule has 0 fully saturated rings. The molecule has 0 aliphatic rings. The van der Waals surface area contributed by atoms with Gasteiger partial charge >= 0.3 is 5.97 Å². The van der Waals surface area contributed by atoms with Crippen LogP contribution < -0.4 is 4.74 Å². The Morgan fingerprint density at radius 3 is 2.30 bits per heavy atom. The maximum Gasteiger partial charge on any atom is 0.339 e. The standard InChI is InChI=1S/C14H9F3O3/c1-20-13-4-7(2-3-8(13)14(18)19)9-5-11(16)12(17)6-10(9)15/h2-6H,1H3,(H,18,19). The molecule has 6 heteroatoms. The molecule has 0 aromatic heterocycles. The highest BCUT2D eigenvalue weighted by Gasteiger charge is 2.15. The Morgan fingerprint density at radius 2 is 1.70 bits per heavy atom. The summed E-state index contributed by atoms with van der Waals surface area (Å²) >= 11 is 0. The molecule has 0 bridgehead atoms. The second kappa shape index (κ2) is 5.24. The minimum Gasteiger partial charge on any atom is -0.496 e. The van der Waals surface area contributed by atoms with Crippen molar-refractivity contribution in [1.82, 2.24) is 0 Å². The minimum atomic E-state index is -1.29. The Bertz CT molecular complexity index is 684.